The molecule has 162 valence electrons. The average Bonchev–Trinajstić information content (AvgIpc) is 2.82. The fraction of sp³-hybridized carbons (Fsp3) is 0.0370. The zero-order valence-electron chi connectivity index (χ0n) is 17.4. The van der Waals surface area contributed by atoms with E-state index in [2.05, 4.69) is 55.4 Å². The lowest BCUT2D eigenvalue weighted by molar-refractivity contribution is -0.112. The number of carbonyl (C=O) groups is 1. The van der Waals surface area contributed by atoms with Gasteiger partial charge < -0.3 is 10.1 Å². The van der Waals surface area contributed by atoms with Crippen molar-refractivity contribution in [3.8, 4) is 11.8 Å². The number of benzene rings is 4. The second-order valence-electron chi connectivity index (χ2n) is 7.22. The van der Waals surface area contributed by atoms with Crippen LogP contribution in [0.3, 0.4) is 0 Å². The number of anilines is 1. The maximum absolute atomic E-state index is 12.7. The van der Waals surface area contributed by atoms with Gasteiger partial charge in [-0.25, -0.2) is 0 Å². The van der Waals surface area contributed by atoms with E-state index in [0.717, 1.165) is 20.8 Å². The summed E-state index contributed by atoms with van der Waals surface area (Å²) in [5, 5.41) is 14.6. The van der Waals surface area contributed by atoms with Gasteiger partial charge in [0.15, 0.2) is 0 Å². The number of hydrogen-bond acceptors (Lipinski definition) is 3. The molecule has 0 aliphatic rings. The van der Waals surface area contributed by atoms with Crippen molar-refractivity contribution in [2.24, 2.45) is 0 Å². The summed E-state index contributed by atoms with van der Waals surface area (Å²) in [6, 6.07) is 28.9. The Morgan fingerprint density at radius 3 is 2.48 bits per heavy atom. The third-order valence-corrected chi connectivity index (χ3v) is 6.03. The maximum Gasteiger partial charge on any atom is 0.266 e. The molecule has 6 heteroatoms. The minimum atomic E-state index is -0.486. The van der Waals surface area contributed by atoms with Gasteiger partial charge >= 0.3 is 0 Å². The normalized spacial score (nSPS) is 11.1. The second kappa shape index (κ2) is 10.5. The van der Waals surface area contributed by atoms with Gasteiger partial charge in [0.1, 0.15) is 24.0 Å². The molecule has 0 bridgehead atoms. The molecule has 0 spiro atoms. The number of nitrogens with zero attached hydrogens (tertiary/aromatic N) is 1. The topological polar surface area (TPSA) is 62.1 Å². The van der Waals surface area contributed by atoms with Crippen molar-refractivity contribution < 1.29 is 9.53 Å². The Morgan fingerprint density at radius 1 is 0.970 bits per heavy atom. The highest BCUT2D eigenvalue weighted by molar-refractivity contribution is 9.11. The van der Waals surface area contributed by atoms with Gasteiger partial charge in [0.2, 0.25) is 0 Å². The summed E-state index contributed by atoms with van der Waals surface area (Å²) in [5.74, 6) is 0.0613. The minimum Gasteiger partial charge on any atom is -0.487 e. The van der Waals surface area contributed by atoms with Crippen LogP contribution in [0.2, 0.25) is 0 Å². The number of nitrogens with one attached hydrogen (secondary N) is 1. The zero-order valence-corrected chi connectivity index (χ0v) is 20.6. The zero-order chi connectivity index (χ0) is 23.2. The summed E-state index contributed by atoms with van der Waals surface area (Å²) in [6.45, 7) is 0.334. The molecule has 0 saturated heterocycles. The van der Waals surface area contributed by atoms with Crippen molar-refractivity contribution in [2.45, 2.75) is 6.61 Å². The molecule has 4 aromatic carbocycles. The van der Waals surface area contributed by atoms with Gasteiger partial charge in [-0.15, -0.1) is 0 Å². The number of nitriles is 1. The number of carbonyl (C=O) groups excluding carboxylic acids is 1. The molecule has 4 aromatic rings. The third-order valence-electron chi connectivity index (χ3n) is 4.99. The van der Waals surface area contributed by atoms with Crippen LogP contribution >= 0.6 is 31.9 Å². The van der Waals surface area contributed by atoms with Crippen molar-refractivity contribution >= 4 is 60.3 Å². The Labute approximate surface area is 208 Å². The first kappa shape index (κ1) is 22.8. The van der Waals surface area contributed by atoms with Crippen LogP contribution in [0.5, 0.6) is 5.75 Å². The molecular formula is C27H18Br2N2O2. The first-order valence-electron chi connectivity index (χ1n) is 10.1. The molecule has 0 unspecified atom stereocenters. The molecular weight excluding hydrogens is 544 g/mol. The van der Waals surface area contributed by atoms with Gasteiger partial charge in [0.05, 0.1) is 4.47 Å². The molecule has 0 radical (unpaired) electrons. The van der Waals surface area contributed by atoms with E-state index in [1.165, 1.54) is 6.08 Å². The molecule has 0 atom stereocenters. The lowest BCUT2D eigenvalue weighted by atomic mass is 10.1. The van der Waals surface area contributed by atoms with Gasteiger partial charge in [-0.3, -0.25) is 4.79 Å². The lowest BCUT2D eigenvalue weighted by Crippen LogP contribution is -2.13. The maximum atomic E-state index is 12.7. The second-order valence-corrected chi connectivity index (χ2v) is 8.99. The Morgan fingerprint density at radius 2 is 1.70 bits per heavy atom. The van der Waals surface area contributed by atoms with Crippen LogP contribution in [-0.4, -0.2) is 5.91 Å². The van der Waals surface area contributed by atoms with E-state index in [9.17, 15) is 10.1 Å². The van der Waals surface area contributed by atoms with Crippen molar-refractivity contribution in [2.75, 3.05) is 5.32 Å². The first-order valence-corrected chi connectivity index (χ1v) is 11.7. The number of rotatable bonds is 6. The predicted molar refractivity (Wildman–Crippen MR) is 139 cm³/mol. The number of hydrogen-bond donors (Lipinski definition) is 1. The Kier molecular flexibility index (Phi) is 7.23. The highest BCUT2D eigenvalue weighted by Crippen LogP contribution is 2.35. The largest absolute Gasteiger partial charge is 0.487 e. The standard InChI is InChI=1S/C27H18Br2N2O2/c28-22-14-20(13-21(16-30)27(32)31-23-10-2-1-3-11-23)26(25(29)15-22)33-17-19-9-6-8-18-7-4-5-12-24(18)19/h1-15H,17H2,(H,31,32)/b21-13+. The van der Waals surface area contributed by atoms with Crippen LogP contribution in [-0.2, 0) is 11.4 Å². The van der Waals surface area contributed by atoms with E-state index in [0.29, 0.717) is 28.1 Å². The van der Waals surface area contributed by atoms with Crippen LogP contribution < -0.4 is 10.1 Å². The third kappa shape index (κ3) is 5.51. The molecule has 0 aliphatic heterocycles. The fourth-order valence-electron chi connectivity index (χ4n) is 3.43. The van der Waals surface area contributed by atoms with E-state index in [1.54, 1.807) is 12.1 Å². The molecule has 0 aliphatic carbocycles. The molecule has 0 fully saturated rings. The van der Waals surface area contributed by atoms with Crippen molar-refractivity contribution in [3.63, 3.8) is 0 Å². The van der Waals surface area contributed by atoms with Crippen molar-refractivity contribution in [1.82, 2.24) is 0 Å². The summed E-state index contributed by atoms with van der Waals surface area (Å²) >= 11 is 7.04. The summed E-state index contributed by atoms with van der Waals surface area (Å²) in [7, 11) is 0. The SMILES string of the molecule is N#C/C(=C\c1cc(Br)cc(Br)c1OCc1cccc2ccccc12)C(=O)Nc1ccccc1. The highest BCUT2D eigenvalue weighted by Gasteiger charge is 2.15. The lowest BCUT2D eigenvalue weighted by Gasteiger charge is -2.14. The molecule has 0 heterocycles. The van der Waals surface area contributed by atoms with E-state index in [1.807, 2.05) is 60.7 Å². The molecule has 1 N–H and O–H groups in total. The van der Waals surface area contributed by atoms with E-state index >= 15 is 0 Å². The molecule has 33 heavy (non-hydrogen) atoms. The minimum absolute atomic E-state index is 0.0288. The monoisotopic (exact) mass is 560 g/mol. The smallest absolute Gasteiger partial charge is 0.266 e. The van der Waals surface area contributed by atoms with Crippen molar-refractivity contribution in [1.29, 1.82) is 5.26 Å². The van der Waals surface area contributed by atoms with Crippen LogP contribution in [0.15, 0.2) is 99.4 Å². The van der Waals surface area contributed by atoms with Crippen LogP contribution in [0.25, 0.3) is 16.8 Å². The molecule has 4 rings (SSSR count). The van der Waals surface area contributed by atoms with E-state index in [-0.39, 0.29) is 5.57 Å². The predicted octanol–water partition coefficient (Wildman–Crippen LogP) is 7.49. The first-order chi connectivity index (χ1) is 16.0. The summed E-state index contributed by atoms with van der Waals surface area (Å²) in [4.78, 5) is 12.7. The highest BCUT2D eigenvalue weighted by atomic mass is 79.9. The fourth-order valence-corrected chi connectivity index (χ4v) is 4.80. The molecule has 4 nitrogen and oxygen atoms in total. The van der Waals surface area contributed by atoms with E-state index < -0.39 is 5.91 Å². The molecule has 0 aromatic heterocycles. The van der Waals surface area contributed by atoms with Crippen LogP contribution in [0.4, 0.5) is 5.69 Å². The summed E-state index contributed by atoms with van der Waals surface area (Å²) in [6.07, 6.45) is 1.53. The number of ether oxygens (including phenoxy) is 1. The Balaban J connectivity index is 1.65. The van der Waals surface area contributed by atoms with Crippen LogP contribution in [0, 0.1) is 11.3 Å². The Bertz CT molecular complexity index is 1390. The van der Waals surface area contributed by atoms with Crippen molar-refractivity contribution in [3.05, 3.63) is 111 Å². The molecule has 0 saturated carbocycles. The van der Waals surface area contributed by atoms with Gasteiger partial charge in [-0.05, 0) is 62.6 Å². The van der Waals surface area contributed by atoms with E-state index in [4.69, 9.17) is 4.74 Å². The number of para-hydroxylation sites is 1. The quantitative estimate of drug-likeness (QED) is 0.196. The van der Waals surface area contributed by atoms with Gasteiger partial charge in [-0.1, -0.05) is 76.6 Å². The summed E-state index contributed by atoms with van der Waals surface area (Å²) in [5.41, 5.74) is 2.24. The number of amides is 1. The summed E-state index contributed by atoms with van der Waals surface area (Å²) < 4.78 is 7.71. The van der Waals surface area contributed by atoms with Gasteiger partial charge in [-0.2, -0.15) is 5.26 Å². The molecule has 1 amide bonds. The van der Waals surface area contributed by atoms with Gasteiger partial charge in [0, 0.05) is 15.7 Å². The number of fused-ring (bicyclic) bond motifs is 1. The number of halogens is 2. The Hall–Kier alpha value is -3.40. The average molecular weight is 562 g/mol. The van der Waals surface area contributed by atoms with Gasteiger partial charge in [0.25, 0.3) is 5.91 Å². The van der Waals surface area contributed by atoms with Crippen LogP contribution in [0.1, 0.15) is 11.1 Å².